The molecular formula is C24H33IN4O. The summed E-state index contributed by atoms with van der Waals surface area (Å²) in [6.07, 6.45) is 3.69. The Morgan fingerprint density at radius 2 is 1.70 bits per heavy atom. The van der Waals surface area contributed by atoms with Crippen molar-refractivity contribution in [2.24, 2.45) is 4.99 Å². The summed E-state index contributed by atoms with van der Waals surface area (Å²) in [6.45, 7) is 6.83. The number of hydrogen-bond donors (Lipinski definition) is 3. The lowest BCUT2D eigenvalue weighted by Gasteiger charge is -2.43. The lowest BCUT2D eigenvalue weighted by atomic mass is 9.64. The summed E-state index contributed by atoms with van der Waals surface area (Å²) in [7, 11) is 0. The zero-order valence-corrected chi connectivity index (χ0v) is 20.2. The number of carbonyl (C=O) groups is 1. The lowest BCUT2D eigenvalue weighted by Crippen LogP contribution is -2.48. The van der Waals surface area contributed by atoms with Crippen molar-refractivity contribution in [2.75, 3.05) is 19.6 Å². The van der Waals surface area contributed by atoms with Gasteiger partial charge in [0.05, 0.1) is 6.54 Å². The first kappa shape index (κ1) is 24.2. The largest absolute Gasteiger partial charge is 0.357 e. The van der Waals surface area contributed by atoms with E-state index in [1.807, 2.05) is 31.2 Å². The van der Waals surface area contributed by atoms with Gasteiger partial charge in [-0.1, -0.05) is 48.9 Å². The minimum Gasteiger partial charge on any atom is -0.357 e. The van der Waals surface area contributed by atoms with Crippen molar-refractivity contribution in [2.45, 2.75) is 45.1 Å². The van der Waals surface area contributed by atoms with E-state index in [9.17, 15) is 4.79 Å². The first-order chi connectivity index (χ1) is 14.2. The van der Waals surface area contributed by atoms with Crippen LogP contribution in [0, 0.1) is 0 Å². The molecule has 1 aliphatic rings. The highest BCUT2D eigenvalue weighted by atomic mass is 127. The average Bonchev–Trinajstić information content (AvgIpc) is 2.72. The molecule has 2 aromatic rings. The van der Waals surface area contributed by atoms with Crippen LogP contribution in [0.25, 0.3) is 0 Å². The SMILES string of the molecule is CCNC(=O)c1cccc(CN=C(NCC)NCC2(c3ccccc3)CCC2)c1.I. The maximum absolute atomic E-state index is 12.1. The Balaban J connectivity index is 0.00000320. The summed E-state index contributed by atoms with van der Waals surface area (Å²) in [6, 6.07) is 18.4. The second kappa shape index (κ2) is 11.9. The minimum absolute atomic E-state index is 0. The Hall–Kier alpha value is -2.09. The van der Waals surface area contributed by atoms with Crippen molar-refractivity contribution in [1.29, 1.82) is 0 Å². The Morgan fingerprint density at radius 3 is 2.33 bits per heavy atom. The Labute approximate surface area is 197 Å². The van der Waals surface area contributed by atoms with E-state index < -0.39 is 0 Å². The molecule has 0 spiro atoms. The molecule has 0 aromatic heterocycles. The van der Waals surface area contributed by atoms with Gasteiger partial charge in [0, 0.05) is 30.6 Å². The Kier molecular flexibility index (Phi) is 9.62. The van der Waals surface area contributed by atoms with Crippen molar-refractivity contribution in [3.63, 3.8) is 0 Å². The fourth-order valence-electron chi connectivity index (χ4n) is 3.80. The predicted molar refractivity (Wildman–Crippen MR) is 135 cm³/mol. The molecule has 0 saturated heterocycles. The normalized spacial score (nSPS) is 14.8. The summed E-state index contributed by atoms with van der Waals surface area (Å²) in [5, 5.41) is 9.73. The molecule has 0 radical (unpaired) electrons. The number of amides is 1. The topological polar surface area (TPSA) is 65.5 Å². The van der Waals surface area contributed by atoms with E-state index in [4.69, 9.17) is 4.99 Å². The number of nitrogens with zero attached hydrogens (tertiary/aromatic N) is 1. The van der Waals surface area contributed by atoms with Gasteiger partial charge < -0.3 is 16.0 Å². The summed E-state index contributed by atoms with van der Waals surface area (Å²) in [5.74, 6) is 0.774. The highest BCUT2D eigenvalue weighted by Crippen LogP contribution is 2.43. The number of aliphatic imine (C=N–C) groups is 1. The highest BCUT2D eigenvalue weighted by molar-refractivity contribution is 14.0. The van der Waals surface area contributed by atoms with Crippen LogP contribution in [-0.4, -0.2) is 31.5 Å². The number of guanidine groups is 1. The number of nitrogens with one attached hydrogen (secondary N) is 3. The fraction of sp³-hybridized carbons (Fsp3) is 0.417. The standard InChI is InChI=1S/C24H32N4O.HI/c1-3-25-22(29)20-11-8-10-19(16-20)17-27-23(26-4-2)28-18-24(14-9-15-24)21-12-6-5-7-13-21;/h5-8,10-13,16H,3-4,9,14-15,17-18H2,1-2H3,(H,25,29)(H2,26,27,28);1H. The maximum Gasteiger partial charge on any atom is 0.251 e. The van der Waals surface area contributed by atoms with Gasteiger partial charge in [0.2, 0.25) is 0 Å². The van der Waals surface area contributed by atoms with Gasteiger partial charge in [0.15, 0.2) is 5.96 Å². The van der Waals surface area contributed by atoms with Crippen LogP contribution in [-0.2, 0) is 12.0 Å². The summed E-state index contributed by atoms with van der Waals surface area (Å²) < 4.78 is 0. The van der Waals surface area contributed by atoms with E-state index in [-0.39, 0.29) is 35.3 Å². The van der Waals surface area contributed by atoms with Crippen molar-refractivity contribution in [1.82, 2.24) is 16.0 Å². The van der Waals surface area contributed by atoms with Gasteiger partial charge in [0.25, 0.3) is 5.91 Å². The zero-order chi connectivity index (χ0) is 20.5. The van der Waals surface area contributed by atoms with Crippen LogP contribution in [0.15, 0.2) is 59.6 Å². The van der Waals surface area contributed by atoms with Gasteiger partial charge in [-0.15, -0.1) is 24.0 Å². The first-order valence-corrected chi connectivity index (χ1v) is 10.6. The van der Waals surface area contributed by atoms with Crippen LogP contribution in [0.3, 0.4) is 0 Å². The van der Waals surface area contributed by atoms with Crippen LogP contribution in [0.4, 0.5) is 0 Å². The van der Waals surface area contributed by atoms with Crippen LogP contribution in [0.1, 0.15) is 54.6 Å². The van der Waals surface area contributed by atoms with Gasteiger partial charge in [-0.25, -0.2) is 4.99 Å². The van der Waals surface area contributed by atoms with Gasteiger partial charge in [-0.3, -0.25) is 4.79 Å². The molecule has 0 bridgehead atoms. The van der Waals surface area contributed by atoms with Gasteiger partial charge in [-0.2, -0.15) is 0 Å². The molecule has 1 aliphatic carbocycles. The molecule has 0 heterocycles. The molecule has 1 saturated carbocycles. The minimum atomic E-state index is -0.0434. The van der Waals surface area contributed by atoms with Gasteiger partial charge in [-0.05, 0) is 49.9 Å². The number of carbonyl (C=O) groups excluding carboxylic acids is 1. The predicted octanol–water partition coefficient (Wildman–Crippen LogP) is 4.23. The summed E-state index contributed by atoms with van der Waals surface area (Å²) in [5.41, 5.74) is 3.31. The monoisotopic (exact) mass is 520 g/mol. The third kappa shape index (κ3) is 6.20. The van der Waals surface area contributed by atoms with E-state index in [2.05, 4.69) is 53.2 Å². The number of benzene rings is 2. The van der Waals surface area contributed by atoms with Crippen molar-refractivity contribution in [3.8, 4) is 0 Å². The van der Waals surface area contributed by atoms with Crippen molar-refractivity contribution in [3.05, 3.63) is 71.3 Å². The summed E-state index contributed by atoms with van der Waals surface area (Å²) in [4.78, 5) is 16.8. The van der Waals surface area contributed by atoms with Crippen LogP contribution in [0.2, 0.25) is 0 Å². The third-order valence-electron chi connectivity index (χ3n) is 5.58. The average molecular weight is 520 g/mol. The molecule has 3 rings (SSSR count). The molecule has 0 atom stereocenters. The van der Waals surface area contributed by atoms with Crippen molar-refractivity contribution >= 4 is 35.8 Å². The van der Waals surface area contributed by atoms with Crippen molar-refractivity contribution < 1.29 is 4.79 Å². The number of halogens is 1. The van der Waals surface area contributed by atoms with E-state index in [0.29, 0.717) is 18.7 Å². The van der Waals surface area contributed by atoms with Crippen LogP contribution < -0.4 is 16.0 Å². The molecule has 162 valence electrons. The second-order valence-corrected chi connectivity index (χ2v) is 7.61. The molecule has 5 nitrogen and oxygen atoms in total. The smallest absolute Gasteiger partial charge is 0.251 e. The second-order valence-electron chi connectivity index (χ2n) is 7.61. The zero-order valence-electron chi connectivity index (χ0n) is 17.9. The number of hydrogen-bond acceptors (Lipinski definition) is 2. The molecule has 3 N–H and O–H groups in total. The van der Waals surface area contributed by atoms with E-state index in [0.717, 1.165) is 24.6 Å². The third-order valence-corrected chi connectivity index (χ3v) is 5.58. The van der Waals surface area contributed by atoms with E-state index in [1.54, 1.807) is 0 Å². The lowest BCUT2D eigenvalue weighted by molar-refractivity contribution is 0.0955. The van der Waals surface area contributed by atoms with Gasteiger partial charge in [0.1, 0.15) is 0 Å². The molecule has 0 aliphatic heterocycles. The van der Waals surface area contributed by atoms with Crippen LogP contribution >= 0.6 is 24.0 Å². The first-order valence-electron chi connectivity index (χ1n) is 10.6. The van der Waals surface area contributed by atoms with E-state index >= 15 is 0 Å². The summed E-state index contributed by atoms with van der Waals surface area (Å²) >= 11 is 0. The van der Waals surface area contributed by atoms with Gasteiger partial charge >= 0.3 is 0 Å². The quantitative estimate of drug-likeness (QED) is 0.277. The molecule has 1 fully saturated rings. The maximum atomic E-state index is 12.1. The molecule has 1 amide bonds. The van der Waals surface area contributed by atoms with E-state index in [1.165, 1.54) is 24.8 Å². The molecule has 30 heavy (non-hydrogen) atoms. The number of rotatable bonds is 8. The van der Waals surface area contributed by atoms with Crippen LogP contribution in [0.5, 0.6) is 0 Å². The molecular weight excluding hydrogens is 487 g/mol. The fourth-order valence-corrected chi connectivity index (χ4v) is 3.80. The molecule has 6 heteroatoms. The molecule has 2 aromatic carbocycles. The Morgan fingerprint density at radius 1 is 0.967 bits per heavy atom. The molecule has 0 unspecified atom stereocenters. The Bertz CT molecular complexity index is 834. The highest BCUT2D eigenvalue weighted by Gasteiger charge is 2.38.